The van der Waals surface area contributed by atoms with Crippen molar-refractivity contribution in [2.45, 2.75) is 50.0 Å². The SMILES string of the molecule is CC(C)(Cc1cc(Br)ccc1[N+](=O)[O-])SC(C)(C)Cc1cc(Br)ccc1[N+](=O)[O-]. The van der Waals surface area contributed by atoms with E-state index in [4.69, 9.17) is 0 Å². The Balaban J connectivity index is 2.26. The summed E-state index contributed by atoms with van der Waals surface area (Å²) in [6.07, 6.45) is 0.995. The zero-order chi connectivity index (χ0) is 22.0. The zero-order valence-electron chi connectivity index (χ0n) is 16.6. The van der Waals surface area contributed by atoms with Crippen LogP contribution in [0.3, 0.4) is 0 Å². The Kier molecular flexibility index (Phi) is 7.51. The molecule has 2 aromatic rings. The molecule has 0 aromatic heterocycles. The van der Waals surface area contributed by atoms with Crippen molar-refractivity contribution in [2.24, 2.45) is 0 Å². The molecule has 29 heavy (non-hydrogen) atoms. The Bertz CT molecular complexity index is 873. The van der Waals surface area contributed by atoms with Crippen molar-refractivity contribution >= 4 is 55.0 Å². The van der Waals surface area contributed by atoms with Gasteiger partial charge in [0, 0.05) is 41.7 Å². The van der Waals surface area contributed by atoms with Crippen LogP contribution < -0.4 is 0 Å². The number of hydrogen-bond acceptors (Lipinski definition) is 5. The molecule has 0 heterocycles. The van der Waals surface area contributed by atoms with Gasteiger partial charge in [-0.05, 0) is 37.1 Å². The van der Waals surface area contributed by atoms with Gasteiger partial charge in [0.15, 0.2) is 0 Å². The fraction of sp³-hybridized carbons (Fsp3) is 0.400. The van der Waals surface area contributed by atoms with E-state index < -0.39 is 0 Å². The minimum atomic E-state index is -0.363. The molecule has 0 amide bonds. The van der Waals surface area contributed by atoms with Crippen molar-refractivity contribution in [3.8, 4) is 0 Å². The lowest BCUT2D eigenvalue weighted by molar-refractivity contribution is -0.385. The Hall–Kier alpha value is -1.45. The van der Waals surface area contributed by atoms with E-state index in [1.165, 1.54) is 12.1 Å². The third-order valence-corrected chi connectivity index (χ3v) is 6.64. The lowest BCUT2D eigenvalue weighted by atomic mass is 9.99. The molecule has 0 saturated heterocycles. The van der Waals surface area contributed by atoms with Crippen molar-refractivity contribution < 1.29 is 9.85 Å². The number of halogens is 2. The van der Waals surface area contributed by atoms with Gasteiger partial charge in [-0.25, -0.2) is 0 Å². The highest BCUT2D eigenvalue weighted by Gasteiger charge is 2.33. The largest absolute Gasteiger partial charge is 0.272 e. The highest BCUT2D eigenvalue weighted by atomic mass is 79.9. The first-order chi connectivity index (χ1) is 13.3. The monoisotopic (exact) mass is 544 g/mol. The van der Waals surface area contributed by atoms with Crippen molar-refractivity contribution in [1.29, 1.82) is 0 Å². The van der Waals surface area contributed by atoms with Crippen LogP contribution in [0, 0.1) is 20.2 Å². The number of rotatable bonds is 8. The normalized spacial score (nSPS) is 12.1. The molecule has 0 aliphatic rings. The molecule has 0 fully saturated rings. The molecule has 2 rings (SSSR count). The van der Waals surface area contributed by atoms with E-state index >= 15 is 0 Å². The second kappa shape index (κ2) is 9.14. The maximum absolute atomic E-state index is 11.4. The number of nitrogens with zero attached hydrogens (tertiary/aromatic N) is 2. The van der Waals surface area contributed by atoms with Crippen LogP contribution in [0.5, 0.6) is 0 Å². The summed E-state index contributed by atoms with van der Waals surface area (Å²) < 4.78 is 0.942. The quantitative estimate of drug-likeness (QED) is 0.260. The van der Waals surface area contributed by atoms with E-state index in [2.05, 4.69) is 31.9 Å². The average Bonchev–Trinajstić information content (AvgIpc) is 2.51. The fourth-order valence-electron chi connectivity index (χ4n) is 3.48. The van der Waals surface area contributed by atoms with Crippen molar-refractivity contribution in [1.82, 2.24) is 0 Å². The molecule has 0 atom stereocenters. The fourth-order valence-corrected chi connectivity index (χ4v) is 6.25. The number of benzene rings is 2. The molecular formula is C20H22Br2N2O4S. The third-order valence-electron chi connectivity index (χ3n) is 4.26. The standard InChI is InChI=1S/C20H22Br2N2O4S/c1-19(2,11-13-9-15(21)5-7-17(13)23(25)26)29-20(3,4)12-14-10-16(22)6-8-18(14)24(27)28/h5-10H,11-12H2,1-4H3. The molecule has 156 valence electrons. The van der Waals surface area contributed by atoms with Gasteiger partial charge in [-0.3, -0.25) is 20.2 Å². The maximum atomic E-state index is 11.4. The van der Waals surface area contributed by atoms with E-state index in [-0.39, 0.29) is 30.7 Å². The van der Waals surface area contributed by atoms with Gasteiger partial charge in [-0.2, -0.15) is 0 Å². The minimum absolute atomic E-state index is 0.0994. The number of nitro groups is 2. The van der Waals surface area contributed by atoms with Crippen LogP contribution in [-0.2, 0) is 12.8 Å². The molecule has 0 aliphatic heterocycles. The van der Waals surface area contributed by atoms with Crippen LogP contribution >= 0.6 is 43.6 Å². The Morgan fingerprint density at radius 1 is 0.793 bits per heavy atom. The van der Waals surface area contributed by atoms with Gasteiger partial charge in [-0.1, -0.05) is 59.6 Å². The topological polar surface area (TPSA) is 86.3 Å². The van der Waals surface area contributed by atoms with Gasteiger partial charge < -0.3 is 0 Å². The summed E-state index contributed by atoms with van der Waals surface area (Å²) in [6, 6.07) is 9.92. The first kappa shape index (κ1) is 23.8. The van der Waals surface area contributed by atoms with E-state index in [1.54, 1.807) is 36.0 Å². The van der Waals surface area contributed by atoms with Crippen LogP contribution in [-0.4, -0.2) is 19.3 Å². The maximum Gasteiger partial charge on any atom is 0.272 e. The predicted molar refractivity (Wildman–Crippen MR) is 125 cm³/mol. The van der Waals surface area contributed by atoms with E-state index in [9.17, 15) is 20.2 Å². The summed E-state index contributed by atoms with van der Waals surface area (Å²) in [4.78, 5) is 22.1. The molecule has 6 nitrogen and oxygen atoms in total. The number of thioether (sulfide) groups is 1. The Labute approximate surface area is 191 Å². The Morgan fingerprint density at radius 3 is 1.45 bits per heavy atom. The zero-order valence-corrected chi connectivity index (χ0v) is 20.6. The molecule has 9 heteroatoms. The molecule has 2 aromatic carbocycles. The van der Waals surface area contributed by atoms with Crippen molar-refractivity contribution in [3.05, 3.63) is 76.7 Å². The van der Waals surface area contributed by atoms with Gasteiger partial charge >= 0.3 is 0 Å². The molecule has 0 aliphatic carbocycles. The Morgan fingerprint density at radius 2 is 1.14 bits per heavy atom. The molecule has 0 saturated carbocycles. The van der Waals surface area contributed by atoms with Crippen molar-refractivity contribution in [2.75, 3.05) is 0 Å². The van der Waals surface area contributed by atoms with Gasteiger partial charge in [0.25, 0.3) is 11.4 Å². The van der Waals surface area contributed by atoms with Gasteiger partial charge in [-0.15, -0.1) is 11.8 Å². The molecule has 0 spiro atoms. The first-order valence-corrected chi connectivity index (χ1v) is 11.3. The van der Waals surface area contributed by atoms with Crippen LogP contribution in [0.4, 0.5) is 11.4 Å². The van der Waals surface area contributed by atoms with Gasteiger partial charge in [0.05, 0.1) is 9.85 Å². The van der Waals surface area contributed by atoms with E-state index in [0.717, 1.165) is 8.95 Å². The van der Waals surface area contributed by atoms with Gasteiger partial charge in [0.1, 0.15) is 0 Å². The smallest absolute Gasteiger partial charge is 0.258 e. The highest BCUT2D eigenvalue weighted by molar-refractivity contribution is 9.10. The van der Waals surface area contributed by atoms with Crippen LogP contribution in [0.25, 0.3) is 0 Å². The second-order valence-electron chi connectivity index (χ2n) is 8.04. The van der Waals surface area contributed by atoms with E-state index in [0.29, 0.717) is 24.0 Å². The lowest BCUT2D eigenvalue weighted by Gasteiger charge is -2.35. The van der Waals surface area contributed by atoms with Crippen LogP contribution in [0.1, 0.15) is 38.8 Å². The van der Waals surface area contributed by atoms with E-state index in [1.807, 2.05) is 27.7 Å². The summed E-state index contributed by atoms with van der Waals surface area (Å²) in [5.41, 5.74) is 1.52. The molecule has 0 N–H and O–H groups in total. The summed E-state index contributed by atoms with van der Waals surface area (Å²) >= 11 is 8.45. The third kappa shape index (κ3) is 6.79. The highest BCUT2D eigenvalue weighted by Crippen LogP contribution is 2.43. The summed E-state index contributed by atoms with van der Waals surface area (Å²) in [5.74, 6) is 0. The average molecular weight is 546 g/mol. The first-order valence-electron chi connectivity index (χ1n) is 8.85. The molecular weight excluding hydrogens is 524 g/mol. The van der Waals surface area contributed by atoms with Crippen LogP contribution in [0.15, 0.2) is 45.3 Å². The molecule has 0 radical (unpaired) electrons. The summed E-state index contributed by atoms with van der Waals surface area (Å²) in [7, 11) is 0. The number of hydrogen-bond donors (Lipinski definition) is 0. The summed E-state index contributed by atoms with van der Waals surface area (Å²) in [5, 5.41) is 22.8. The second-order valence-corrected chi connectivity index (χ2v) is 12.3. The summed E-state index contributed by atoms with van der Waals surface area (Å²) in [6.45, 7) is 8.16. The predicted octanol–water partition coefficient (Wildman–Crippen LogP) is 7.10. The molecule has 0 unspecified atom stereocenters. The lowest BCUT2D eigenvalue weighted by Crippen LogP contribution is -2.30. The van der Waals surface area contributed by atoms with Crippen molar-refractivity contribution in [3.63, 3.8) is 0 Å². The minimum Gasteiger partial charge on any atom is -0.258 e. The molecule has 0 bridgehead atoms. The number of nitro benzene ring substituents is 2. The van der Waals surface area contributed by atoms with Gasteiger partial charge in [0.2, 0.25) is 0 Å². The van der Waals surface area contributed by atoms with Crippen LogP contribution in [0.2, 0.25) is 0 Å².